The molecule has 1 unspecified atom stereocenters. The standard InChI is InChI=1S/C21H20N2O5S2/c24-19-4-3-14-10-17(11-15-5-7-23(19)20(14)15)30(26,27)22-13-21(25,16-6-9-29-12-16)18-2-1-8-28-18/h1-2,6,8-12,22,25H,3-5,7,13H2. The lowest BCUT2D eigenvalue weighted by atomic mass is 9.94. The van der Waals surface area contributed by atoms with Gasteiger partial charge in [0.2, 0.25) is 15.9 Å². The van der Waals surface area contributed by atoms with Crippen molar-refractivity contribution in [2.24, 2.45) is 0 Å². The quantitative estimate of drug-likeness (QED) is 0.608. The molecular formula is C21H20N2O5S2. The van der Waals surface area contributed by atoms with Crippen molar-refractivity contribution < 1.29 is 22.7 Å². The van der Waals surface area contributed by atoms with Gasteiger partial charge >= 0.3 is 0 Å². The van der Waals surface area contributed by atoms with E-state index in [1.54, 1.807) is 40.6 Å². The van der Waals surface area contributed by atoms with E-state index < -0.39 is 15.6 Å². The molecule has 0 aliphatic carbocycles. The van der Waals surface area contributed by atoms with Gasteiger partial charge in [-0.15, -0.1) is 0 Å². The third kappa shape index (κ3) is 3.09. The second kappa shape index (κ2) is 7.05. The van der Waals surface area contributed by atoms with Gasteiger partial charge in [-0.05, 0) is 65.1 Å². The van der Waals surface area contributed by atoms with Crippen molar-refractivity contribution in [1.29, 1.82) is 0 Å². The number of furan rings is 1. The zero-order valence-corrected chi connectivity index (χ0v) is 17.6. The van der Waals surface area contributed by atoms with Crippen molar-refractivity contribution in [2.45, 2.75) is 29.8 Å². The summed E-state index contributed by atoms with van der Waals surface area (Å²) in [6.07, 6.45) is 3.01. The molecule has 1 amide bonds. The van der Waals surface area contributed by atoms with Crippen molar-refractivity contribution >= 4 is 33.0 Å². The topological polar surface area (TPSA) is 99.8 Å². The average molecular weight is 445 g/mol. The summed E-state index contributed by atoms with van der Waals surface area (Å²) in [5.41, 5.74) is 1.56. The summed E-state index contributed by atoms with van der Waals surface area (Å²) in [5.74, 6) is 0.357. The van der Waals surface area contributed by atoms with Crippen LogP contribution in [0.5, 0.6) is 0 Å². The van der Waals surface area contributed by atoms with Crippen LogP contribution < -0.4 is 9.62 Å². The molecule has 0 saturated heterocycles. The second-order valence-corrected chi connectivity index (χ2v) is 10.1. The fourth-order valence-corrected chi connectivity index (χ4v) is 6.09. The fraction of sp³-hybridized carbons (Fsp3) is 0.286. The molecule has 3 aromatic rings. The van der Waals surface area contributed by atoms with Crippen LogP contribution in [0.2, 0.25) is 0 Å². The smallest absolute Gasteiger partial charge is 0.240 e. The van der Waals surface area contributed by atoms with Crippen molar-refractivity contribution in [1.82, 2.24) is 4.72 Å². The number of nitrogens with zero attached hydrogens (tertiary/aromatic N) is 1. The van der Waals surface area contributed by atoms with E-state index in [2.05, 4.69) is 4.72 Å². The first-order valence-electron chi connectivity index (χ1n) is 9.63. The van der Waals surface area contributed by atoms with E-state index in [0.717, 1.165) is 16.8 Å². The van der Waals surface area contributed by atoms with Crippen molar-refractivity contribution in [3.63, 3.8) is 0 Å². The van der Waals surface area contributed by atoms with E-state index in [-0.39, 0.29) is 23.1 Å². The Kier molecular flexibility index (Phi) is 4.59. The zero-order chi connectivity index (χ0) is 20.9. The number of nitrogens with one attached hydrogen (secondary N) is 1. The highest BCUT2D eigenvalue weighted by Crippen LogP contribution is 2.38. The van der Waals surface area contributed by atoms with Crippen LogP contribution in [0.15, 0.2) is 56.7 Å². The summed E-state index contributed by atoms with van der Waals surface area (Å²) >= 11 is 1.41. The Morgan fingerprint density at radius 3 is 2.70 bits per heavy atom. The number of amides is 1. The summed E-state index contributed by atoms with van der Waals surface area (Å²) < 4.78 is 34.2. The first-order chi connectivity index (χ1) is 14.4. The van der Waals surface area contributed by atoms with Crippen LogP contribution in [0, 0.1) is 0 Å². The molecule has 2 aromatic heterocycles. The maximum absolute atomic E-state index is 13.1. The first-order valence-corrected chi connectivity index (χ1v) is 12.1. The number of aliphatic hydroxyl groups is 1. The van der Waals surface area contributed by atoms with Gasteiger partial charge in [0.15, 0.2) is 5.60 Å². The van der Waals surface area contributed by atoms with Gasteiger partial charge in [0, 0.05) is 18.5 Å². The lowest BCUT2D eigenvalue weighted by Gasteiger charge is -2.27. The molecule has 1 atom stereocenters. The van der Waals surface area contributed by atoms with Crippen LogP contribution in [0.3, 0.4) is 0 Å². The Hall–Kier alpha value is -2.46. The van der Waals surface area contributed by atoms with Gasteiger partial charge in [-0.1, -0.05) is 0 Å². The summed E-state index contributed by atoms with van der Waals surface area (Å²) in [4.78, 5) is 14.0. The number of anilines is 1. The number of aryl methyl sites for hydroxylation is 1. The molecule has 0 saturated carbocycles. The van der Waals surface area contributed by atoms with E-state index in [9.17, 15) is 18.3 Å². The molecule has 1 aromatic carbocycles. The first kappa shape index (κ1) is 19.5. The van der Waals surface area contributed by atoms with E-state index in [1.165, 1.54) is 17.6 Å². The number of carbonyl (C=O) groups excluding carboxylic acids is 1. The molecule has 2 aliphatic heterocycles. The molecule has 0 fully saturated rings. The monoisotopic (exact) mass is 444 g/mol. The molecule has 7 nitrogen and oxygen atoms in total. The number of carbonyl (C=O) groups is 1. The molecule has 5 rings (SSSR count). The van der Waals surface area contributed by atoms with E-state index in [4.69, 9.17) is 4.42 Å². The Balaban J connectivity index is 1.46. The van der Waals surface area contributed by atoms with Gasteiger partial charge in [0.25, 0.3) is 0 Å². The van der Waals surface area contributed by atoms with Crippen LogP contribution >= 0.6 is 11.3 Å². The van der Waals surface area contributed by atoms with E-state index in [0.29, 0.717) is 31.4 Å². The zero-order valence-electron chi connectivity index (χ0n) is 16.0. The van der Waals surface area contributed by atoms with Crippen molar-refractivity contribution in [2.75, 3.05) is 18.0 Å². The average Bonchev–Trinajstić information content (AvgIpc) is 3.50. The molecule has 9 heteroatoms. The maximum Gasteiger partial charge on any atom is 0.240 e. The molecule has 0 bridgehead atoms. The number of benzene rings is 1. The van der Waals surface area contributed by atoms with Crippen LogP contribution in [0.4, 0.5) is 5.69 Å². The Labute approximate surface area is 178 Å². The van der Waals surface area contributed by atoms with Gasteiger partial charge in [-0.25, -0.2) is 13.1 Å². The normalized spacial score (nSPS) is 17.8. The summed E-state index contributed by atoms with van der Waals surface area (Å²) in [5, 5.41) is 14.9. The van der Waals surface area contributed by atoms with Crippen LogP contribution in [0.1, 0.15) is 28.9 Å². The SMILES string of the molecule is O=C1CCc2cc(S(=O)(=O)NCC(O)(c3ccsc3)c3ccco3)cc3c2N1CC3. The van der Waals surface area contributed by atoms with Gasteiger partial charge in [-0.3, -0.25) is 4.79 Å². The van der Waals surface area contributed by atoms with Crippen molar-refractivity contribution in [3.8, 4) is 0 Å². The van der Waals surface area contributed by atoms with Crippen LogP contribution in [-0.2, 0) is 33.3 Å². The Bertz CT molecular complexity index is 1170. The van der Waals surface area contributed by atoms with Gasteiger partial charge in [-0.2, -0.15) is 11.3 Å². The molecular weight excluding hydrogens is 424 g/mol. The minimum atomic E-state index is -3.89. The molecule has 2 N–H and O–H groups in total. The number of sulfonamides is 1. The highest BCUT2D eigenvalue weighted by molar-refractivity contribution is 7.89. The molecule has 0 radical (unpaired) electrons. The summed E-state index contributed by atoms with van der Waals surface area (Å²) in [6, 6.07) is 8.29. The molecule has 0 spiro atoms. The predicted molar refractivity (Wildman–Crippen MR) is 112 cm³/mol. The minimum Gasteiger partial charge on any atom is -0.466 e. The summed E-state index contributed by atoms with van der Waals surface area (Å²) in [7, 11) is -3.89. The number of hydrogen-bond acceptors (Lipinski definition) is 6. The highest BCUT2D eigenvalue weighted by atomic mass is 32.2. The molecule has 2 aliphatic rings. The Morgan fingerprint density at radius 2 is 2.00 bits per heavy atom. The molecule has 156 valence electrons. The van der Waals surface area contributed by atoms with Crippen LogP contribution in [0.25, 0.3) is 0 Å². The lowest BCUT2D eigenvalue weighted by molar-refractivity contribution is -0.118. The van der Waals surface area contributed by atoms with E-state index in [1.807, 2.05) is 5.38 Å². The lowest BCUT2D eigenvalue weighted by Crippen LogP contribution is -2.41. The number of hydrogen-bond donors (Lipinski definition) is 2. The fourth-order valence-electron chi connectivity index (χ4n) is 4.21. The maximum atomic E-state index is 13.1. The second-order valence-electron chi connectivity index (χ2n) is 7.56. The van der Waals surface area contributed by atoms with Gasteiger partial charge < -0.3 is 14.4 Å². The van der Waals surface area contributed by atoms with Gasteiger partial charge in [0.05, 0.1) is 23.4 Å². The molecule has 30 heavy (non-hydrogen) atoms. The third-order valence-corrected chi connectivity index (χ3v) is 7.85. The number of thiophene rings is 1. The predicted octanol–water partition coefficient (Wildman–Crippen LogP) is 2.39. The molecule has 4 heterocycles. The third-order valence-electron chi connectivity index (χ3n) is 5.78. The van der Waals surface area contributed by atoms with Gasteiger partial charge in [0.1, 0.15) is 5.76 Å². The number of rotatable bonds is 6. The minimum absolute atomic E-state index is 0.0919. The highest BCUT2D eigenvalue weighted by Gasteiger charge is 2.37. The Morgan fingerprint density at radius 1 is 1.20 bits per heavy atom. The van der Waals surface area contributed by atoms with Crippen LogP contribution in [-0.4, -0.2) is 32.5 Å². The largest absolute Gasteiger partial charge is 0.466 e. The van der Waals surface area contributed by atoms with E-state index >= 15 is 0 Å². The van der Waals surface area contributed by atoms with Crippen molar-refractivity contribution in [3.05, 3.63) is 69.8 Å². The summed E-state index contributed by atoms with van der Waals surface area (Å²) in [6.45, 7) is 0.325.